The van der Waals surface area contributed by atoms with Crippen LogP contribution in [-0.4, -0.2) is 5.97 Å². The van der Waals surface area contributed by atoms with Gasteiger partial charge in [-0.3, -0.25) is 4.79 Å². The molecule has 1 unspecified atom stereocenters. The topological polar surface area (TPSA) is 52.3 Å². The van der Waals surface area contributed by atoms with E-state index in [2.05, 4.69) is 0 Å². The van der Waals surface area contributed by atoms with Gasteiger partial charge in [-0.2, -0.15) is 0 Å². The van der Waals surface area contributed by atoms with Gasteiger partial charge in [-0.25, -0.2) is 4.39 Å². The number of anilines is 1. The quantitative estimate of drug-likeness (QED) is 0.622. The van der Waals surface area contributed by atoms with Crippen molar-refractivity contribution in [1.82, 2.24) is 0 Å². The molecular weight excluding hydrogens is 233 g/mol. The van der Waals surface area contributed by atoms with Gasteiger partial charge in [0.25, 0.3) is 0 Å². The van der Waals surface area contributed by atoms with Crippen LogP contribution in [0.15, 0.2) is 18.2 Å². The van der Waals surface area contributed by atoms with E-state index < -0.39 is 5.82 Å². The fourth-order valence-electron chi connectivity index (χ4n) is 1.74. The lowest BCUT2D eigenvalue weighted by Gasteiger charge is -2.18. The van der Waals surface area contributed by atoms with Gasteiger partial charge >= 0.3 is 5.97 Å². The second-order valence-corrected chi connectivity index (χ2v) is 4.30. The van der Waals surface area contributed by atoms with Crippen molar-refractivity contribution in [2.24, 2.45) is 0 Å². The lowest BCUT2D eigenvalue weighted by atomic mass is 10.0. The van der Waals surface area contributed by atoms with Crippen LogP contribution >= 0.6 is 0 Å². The Kier molecular flexibility index (Phi) is 5.62. The molecule has 1 aromatic carbocycles. The first-order valence-corrected chi connectivity index (χ1v) is 6.32. The summed E-state index contributed by atoms with van der Waals surface area (Å²) in [6.07, 6.45) is 2.40. The van der Waals surface area contributed by atoms with E-state index in [9.17, 15) is 9.18 Å². The number of esters is 1. The van der Waals surface area contributed by atoms with E-state index in [1.807, 2.05) is 13.8 Å². The van der Waals surface area contributed by atoms with Gasteiger partial charge in [0.05, 0.1) is 5.69 Å². The number of benzene rings is 1. The zero-order chi connectivity index (χ0) is 13.5. The smallest absolute Gasteiger partial charge is 0.306 e. The summed E-state index contributed by atoms with van der Waals surface area (Å²) in [5.74, 6) is -0.673. The summed E-state index contributed by atoms with van der Waals surface area (Å²) in [5, 5.41) is 0. The molecule has 0 fully saturated rings. The molecule has 1 aromatic rings. The van der Waals surface area contributed by atoms with Crippen LogP contribution in [0, 0.1) is 5.82 Å². The van der Waals surface area contributed by atoms with Crippen molar-refractivity contribution in [2.45, 2.75) is 45.6 Å². The summed E-state index contributed by atoms with van der Waals surface area (Å²) in [7, 11) is 0. The van der Waals surface area contributed by atoms with Gasteiger partial charge in [0.1, 0.15) is 11.9 Å². The molecule has 100 valence electrons. The van der Waals surface area contributed by atoms with Crippen LogP contribution in [0.5, 0.6) is 0 Å². The summed E-state index contributed by atoms with van der Waals surface area (Å²) in [5.41, 5.74) is 6.36. The number of carbonyl (C=O) groups is 1. The van der Waals surface area contributed by atoms with E-state index in [0.717, 1.165) is 18.4 Å². The fourth-order valence-corrected chi connectivity index (χ4v) is 1.74. The second kappa shape index (κ2) is 6.99. The number of carbonyl (C=O) groups excluding carboxylic acids is 1. The number of hydrogen-bond acceptors (Lipinski definition) is 3. The van der Waals surface area contributed by atoms with E-state index in [1.165, 1.54) is 12.1 Å². The third-order valence-electron chi connectivity index (χ3n) is 2.67. The molecule has 1 atom stereocenters. The van der Waals surface area contributed by atoms with Gasteiger partial charge in [0.2, 0.25) is 0 Å². The van der Waals surface area contributed by atoms with Crippen LogP contribution in [-0.2, 0) is 9.53 Å². The lowest BCUT2D eigenvalue weighted by Crippen LogP contribution is -2.11. The minimum atomic E-state index is -0.450. The molecule has 1 rings (SSSR count). The molecule has 0 saturated carbocycles. The molecule has 4 heteroatoms. The average Bonchev–Trinajstić information content (AvgIpc) is 2.32. The standard InChI is InChI=1S/C14H20FNO2/c1-3-5-13(18-14(17)6-4-2)10-7-8-11(15)12(16)9-10/h7-9,13H,3-6,16H2,1-2H3. The summed E-state index contributed by atoms with van der Waals surface area (Å²) in [6.45, 7) is 3.93. The Hall–Kier alpha value is -1.58. The van der Waals surface area contributed by atoms with E-state index in [0.29, 0.717) is 12.8 Å². The number of rotatable bonds is 6. The zero-order valence-corrected chi connectivity index (χ0v) is 10.9. The second-order valence-electron chi connectivity index (χ2n) is 4.30. The van der Waals surface area contributed by atoms with Crippen molar-refractivity contribution in [3.05, 3.63) is 29.6 Å². The molecule has 0 saturated heterocycles. The first kappa shape index (κ1) is 14.5. The van der Waals surface area contributed by atoms with Crippen LogP contribution in [0.2, 0.25) is 0 Å². The van der Waals surface area contributed by atoms with Crippen LogP contribution in [0.1, 0.15) is 51.2 Å². The predicted molar refractivity (Wildman–Crippen MR) is 69.5 cm³/mol. The monoisotopic (exact) mass is 253 g/mol. The van der Waals surface area contributed by atoms with Crippen LogP contribution in [0.25, 0.3) is 0 Å². The number of ether oxygens (including phenoxy) is 1. The molecule has 0 aliphatic heterocycles. The highest BCUT2D eigenvalue weighted by atomic mass is 19.1. The molecule has 0 aromatic heterocycles. The summed E-state index contributed by atoms with van der Waals surface area (Å²) < 4.78 is 18.5. The van der Waals surface area contributed by atoms with Gasteiger partial charge in [0, 0.05) is 6.42 Å². The molecule has 0 radical (unpaired) electrons. The molecule has 0 spiro atoms. The third kappa shape index (κ3) is 4.02. The van der Waals surface area contributed by atoms with Crippen LogP contribution in [0.3, 0.4) is 0 Å². The van der Waals surface area contributed by atoms with Crippen molar-refractivity contribution in [1.29, 1.82) is 0 Å². The van der Waals surface area contributed by atoms with E-state index in [4.69, 9.17) is 10.5 Å². The highest BCUT2D eigenvalue weighted by molar-refractivity contribution is 5.69. The Morgan fingerprint density at radius 1 is 1.39 bits per heavy atom. The van der Waals surface area contributed by atoms with Gasteiger partial charge < -0.3 is 10.5 Å². The maximum Gasteiger partial charge on any atom is 0.306 e. The molecule has 0 heterocycles. The van der Waals surface area contributed by atoms with Gasteiger partial charge in [-0.15, -0.1) is 0 Å². The molecule has 0 amide bonds. The third-order valence-corrected chi connectivity index (χ3v) is 2.67. The van der Waals surface area contributed by atoms with Crippen LogP contribution in [0.4, 0.5) is 10.1 Å². The average molecular weight is 253 g/mol. The highest BCUT2D eigenvalue weighted by Gasteiger charge is 2.16. The van der Waals surface area contributed by atoms with Crippen molar-refractivity contribution in [3.63, 3.8) is 0 Å². The number of hydrogen-bond donors (Lipinski definition) is 1. The molecule has 3 nitrogen and oxygen atoms in total. The minimum absolute atomic E-state index is 0.0835. The Morgan fingerprint density at radius 3 is 2.67 bits per heavy atom. The van der Waals surface area contributed by atoms with Gasteiger partial charge in [-0.1, -0.05) is 26.3 Å². The van der Waals surface area contributed by atoms with Crippen molar-refractivity contribution < 1.29 is 13.9 Å². The maximum absolute atomic E-state index is 13.1. The molecule has 0 bridgehead atoms. The fraction of sp³-hybridized carbons (Fsp3) is 0.500. The Morgan fingerprint density at radius 2 is 2.11 bits per heavy atom. The Bertz CT molecular complexity index is 407. The highest BCUT2D eigenvalue weighted by Crippen LogP contribution is 2.26. The molecule has 18 heavy (non-hydrogen) atoms. The van der Waals surface area contributed by atoms with Crippen LogP contribution < -0.4 is 5.73 Å². The Balaban J connectivity index is 2.82. The number of nitrogens with two attached hydrogens (primary N) is 1. The Labute approximate surface area is 107 Å². The first-order chi connectivity index (χ1) is 8.58. The zero-order valence-electron chi connectivity index (χ0n) is 10.9. The number of halogens is 1. The summed E-state index contributed by atoms with van der Waals surface area (Å²) in [6, 6.07) is 4.46. The lowest BCUT2D eigenvalue weighted by molar-refractivity contribution is -0.149. The molecule has 2 N–H and O–H groups in total. The van der Waals surface area contributed by atoms with E-state index in [-0.39, 0.29) is 17.8 Å². The van der Waals surface area contributed by atoms with Crippen molar-refractivity contribution >= 4 is 11.7 Å². The van der Waals surface area contributed by atoms with Gasteiger partial charge in [0.15, 0.2) is 0 Å². The van der Waals surface area contributed by atoms with Crippen molar-refractivity contribution in [2.75, 3.05) is 5.73 Å². The molecular formula is C14H20FNO2. The molecule has 0 aliphatic rings. The predicted octanol–water partition coefficient (Wildman–Crippen LogP) is 3.59. The normalized spacial score (nSPS) is 12.2. The van der Waals surface area contributed by atoms with Gasteiger partial charge in [-0.05, 0) is 30.5 Å². The SMILES string of the molecule is CCCC(=O)OC(CCC)c1ccc(F)c(N)c1. The summed E-state index contributed by atoms with van der Waals surface area (Å²) in [4.78, 5) is 11.5. The molecule has 0 aliphatic carbocycles. The van der Waals surface area contributed by atoms with E-state index >= 15 is 0 Å². The maximum atomic E-state index is 13.1. The largest absolute Gasteiger partial charge is 0.457 e. The minimum Gasteiger partial charge on any atom is -0.457 e. The summed E-state index contributed by atoms with van der Waals surface area (Å²) >= 11 is 0. The number of nitrogen functional groups attached to an aromatic ring is 1. The van der Waals surface area contributed by atoms with Crippen molar-refractivity contribution in [3.8, 4) is 0 Å². The first-order valence-electron chi connectivity index (χ1n) is 6.32. The van der Waals surface area contributed by atoms with E-state index in [1.54, 1.807) is 6.07 Å².